The molecule has 2 aromatic rings. The van der Waals surface area contributed by atoms with E-state index in [9.17, 15) is 13.2 Å². The molecule has 1 saturated carbocycles. The van der Waals surface area contributed by atoms with Crippen LogP contribution in [0.1, 0.15) is 48.5 Å². The van der Waals surface area contributed by atoms with Crippen LogP contribution >= 0.6 is 0 Å². The van der Waals surface area contributed by atoms with Crippen LogP contribution in [-0.4, -0.2) is 20.4 Å². The highest BCUT2D eigenvalue weighted by Gasteiger charge is 2.23. The predicted molar refractivity (Wildman–Crippen MR) is 103 cm³/mol. The molecule has 1 fully saturated rings. The van der Waals surface area contributed by atoms with E-state index in [1.54, 1.807) is 12.1 Å². The fraction of sp³-hybridized carbons (Fsp3) is 0.350. The van der Waals surface area contributed by atoms with Gasteiger partial charge in [0.25, 0.3) is 5.91 Å². The van der Waals surface area contributed by atoms with E-state index in [0.717, 1.165) is 43.4 Å². The largest absolute Gasteiger partial charge is 0.322 e. The van der Waals surface area contributed by atoms with Crippen molar-refractivity contribution in [3.63, 3.8) is 0 Å². The number of sulfonamides is 1. The minimum absolute atomic E-state index is 0.0218. The van der Waals surface area contributed by atoms with E-state index in [0.29, 0.717) is 5.56 Å². The number of rotatable bonds is 6. The molecule has 2 N–H and O–H groups in total. The first-order valence-corrected chi connectivity index (χ1v) is 10.5. The molecule has 0 saturated heterocycles. The third-order valence-corrected chi connectivity index (χ3v) is 6.29. The molecule has 26 heavy (non-hydrogen) atoms. The van der Waals surface area contributed by atoms with Crippen molar-refractivity contribution in [3.8, 4) is 0 Å². The second kappa shape index (κ2) is 8.01. The lowest BCUT2D eigenvalue weighted by Crippen LogP contribution is -2.32. The Morgan fingerprint density at radius 2 is 1.69 bits per heavy atom. The topological polar surface area (TPSA) is 75.3 Å². The molecule has 0 atom stereocenters. The van der Waals surface area contributed by atoms with E-state index in [4.69, 9.17) is 0 Å². The van der Waals surface area contributed by atoms with Crippen LogP contribution in [0.15, 0.2) is 53.4 Å². The highest BCUT2D eigenvalue weighted by Crippen LogP contribution is 2.21. The van der Waals surface area contributed by atoms with E-state index in [2.05, 4.69) is 10.0 Å². The van der Waals surface area contributed by atoms with Gasteiger partial charge >= 0.3 is 0 Å². The summed E-state index contributed by atoms with van der Waals surface area (Å²) in [5.74, 6) is -0.251. The number of nitrogens with one attached hydrogen (secondary N) is 2. The molecule has 0 unspecified atom stereocenters. The predicted octanol–water partition coefficient (Wildman–Crippen LogP) is 3.72. The summed E-state index contributed by atoms with van der Waals surface area (Å²) in [6.07, 6.45) is 4.71. The molecule has 1 aliphatic carbocycles. The Balaban J connectivity index is 1.71. The third kappa shape index (κ3) is 4.31. The molecular formula is C20H24N2O3S. The molecule has 0 aromatic heterocycles. The van der Waals surface area contributed by atoms with E-state index in [1.807, 2.05) is 31.2 Å². The summed E-state index contributed by atoms with van der Waals surface area (Å²) in [6, 6.07) is 13.7. The molecule has 6 heteroatoms. The van der Waals surface area contributed by atoms with Crippen LogP contribution in [0.2, 0.25) is 0 Å². The van der Waals surface area contributed by atoms with Gasteiger partial charge in [0.1, 0.15) is 0 Å². The Bertz CT molecular complexity index is 870. The first kappa shape index (κ1) is 18.6. The number of benzene rings is 2. The zero-order chi connectivity index (χ0) is 18.6. The molecule has 0 spiro atoms. The SMILES string of the molecule is CCc1ccccc1NC(=O)c1ccc(S(=O)(=O)NC2CCCC2)cc1. The lowest BCUT2D eigenvalue weighted by molar-refractivity contribution is 0.102. The summed E-state index contributed by atoms with van der Waals surface area (Å²) in [5.41, 5.74) is 2.26. The molecule has 0 radical (unpaired) electrons. The summed E-state index contributed by atoms with van der Waals surface area (Å²) < 4.78 is 27.6. The summed E-state index contributed by atoms with van der Waals surface area (Å²) in [5, 5.41) is 2.89. The standard InChI is InChI=1S/C20H24N2O3S/c1-2-15-7-3-6-10-19(15)21-20(23)16-11-13-18(14-12-16)26(24,25)22-17-8-4-5-9-17/h3,6-7,10-14,17,22H,2,4-5,8-9H2,1H3,(H,21,23). The Hall–Kier alpha value is -2.18. The second-order valence-electron chi connectivity index (χ2n) is 6.59. The molecule has 1 aliphatic rings. The average Bonchev–Trinajstić information content (AvgIpc) is 3.14. The van der Waals surface area contributed by atoms with Crippen LogP contribution in [0.3, 0.4) is 0 Å². The zero-order valence-electron chi connectivity index (χ0n) is 14.9. The van der Waals surface area contributed by atoms with Gasteiger partial charge in [-0.25, -0.2) is 13.1 Å². The summed E-state index contributed by atoms with van der Waals surface area (Å²) >= 11 is 0. The maximum absolute atomic E-state index is 12.4. The maximum atomic E-state index is 12.4. The van der Waals surface area contributed by atoms with Crippen molar-refractivity contribution in [1.29, 1.82) is 0 Å². The summed E-state index contributed by atoms with van der Waals surface area (Å²) in [6.45, 7) is 2.03. The molecule has 3 rings (SSSR count). The minimum atomic E-state index is -3.54. The second-order valence-corrected chi connectivity index (χ2v) is 8.31. The van der Waals surface area contributed by atoms with Crippen LogP contribution in [0.5, 0.6) is 0 Å². The zero-order valence-corrected chi connectivity index (χ0v) is 15.7. The van der Waals surface area contributed by atoms with Gasteiger partial charge in [0, 0.05) is 17.3 Å². The van der Waals surface area contributed by atoms with E-state index < -0.39 is 10.0 Å². The van der Waals surface area contributed by atoms with Gasteiger partial charge in [-0.15, -0.1) is 0 Å². The molecule has 5 nitrogen and oxygen atoms in total. The maximum Gasteiger partial charge on any atom is 0.255 e. The quantitative estimate of drug-likeness (QED) is 0.811. The number of hydrogen-bond acceptors (Lipinski definition) is 3. The number of aryl methyl sites for hydroxylation is 1. The van der Waals surface area contributed by atoms with Crippen molar-refractivity contribution in [2.24, 2.45) is 0 Å². The van der Waals surface area contributed by atoms with Crippen LogP contribution in [0.25, 0.3) is 0 Å². The molecule has 0 bridgehead atoms. The average molecular weight is 372 g/mol. The van der Waals surface area contributed by atoms with Crippen molar-refractivity contribution < 1.29 is 13.2 Å². The molecule has 1 amide bonds. The van der Waals surface area contributed by atoms with Gasteiger partial charge in [0.15, 0.2) is 0 Å². The van der Waals surface area contributed by atoms with Crippen LogP contribution < -0.4 is 10.0 Å². The van der Waals surface area contributed by atoms with E-state index >= 15 is 0 Å². The van der Waals surface area contributed by atoms with Gasteiger partial charge in [0.05, 0.1) is 4.90 Å². The monoisotopic (exact) mass is 372 g/mol. The number of carbonyl (C=O) groups excluding carboxylic acids is 1. The molecule has 2 aromatic carbocycles. The fourth-order valence-electron chi connectivity index (χ4n) is 3.26. The van der Waals surface area contributed by atoms with Gasteiger partial charge in [-0.1, -0.05) is 38.0 Å². The third-order valence-electron chi connectivity index (χ3n) is 4.75. The van der Waals surface area contributed by atoms with Crippen molar-refractivity contribution in [1.82, 2.24) is 4.72 Å². The van der Waals surface area contributed by atoms with Gasteiger partial charge < -0.3 is 5.32 Å². The van der Waals surface area contributed by atoms with Gasteiger partial charge in [-0.05, 0) is 55.2 Å². The molecule has 0 aliphatic heterocycles. The summed E-state index contributed by atoms with van der Waals surface area (Å²) in [4.78, 5) is 12.6. The van der Waals surface area contributed by atoms with E-state index in [1.165, 1.54) is 12.1 Å². The fourth-order valence-corrected chi connectivity index (χ4v) is 4.57. The number of hydrogen-bond donors (Lipinski definition) is 2. The number of amides is 1. The Labute approximate surface area is 154 Å². The Morgan fingerprint density at radius 3 is 2.35 bits per heavy atom. The minimum Gasteiger partial charge on any atom is -0.322 e. The van der Waals surface area contributed by atoms with Crippen molar-refractivity contribution in [2.45, 2.75) is 50.0 Å². The molecule has 0 heterocycles. The normalized spacial score (nSPS) is 15.1. The number of para-hydroxylation sites is 1. The molecular weight excluding hydrogens is 348 g/mol. The van der Waals surface area contributed by atoms with Gasteiger partial charge in [-0.3, -0.25) is 4.79 Å². The first-order valence-electron chi connectivity index (χ1n) is 9.01. The number of carbonyl (C=O) groups is 1. The van der Waals surface area contributed by atoms with Gasteiger partial charge in [-0.2, -0.15) is 0 Å². The van der Waals surface area contributed by atoms with E-state index in [-0.39, 0.29) is 16.8 Å². The smallest absolute Gasteiger partial charge is 0.255 e. The molecule has 138 valence electrons. The van der Waals surface area contributed by atoms with Crippen LogP contribution in [-0.2, 0) is 16.4 Å². The van der Waals surface area contributed by atoms with Crippen molar-refractivity contribution in [2.75, 3.05) is 5.32 Å². The lowest BCUT2D eigenvalue weighted by atomic mass is 10.1. The lowest BCUT2D eigenvalue weighted by Gasteiger charge is -2.13. The Morgan fingerprint density at radius 1 is 1.04 bits per heavy atom. The highest BCUT2D eigenvalue weighted by molar-refractivity contribution is 7.89. The highest BCUT2D eigenvalue weighted by atomic mass is 32.2. The van der Waals surface area contributed by atoms with Crippen LogP contribution in [0.4, 0.5) is 5.69 Å². The summed E-state index contributed by atoms with van der Waals surface area (Å²) in [7, 11) is -3.54. The van der Waals surface area contributed by atoms with Gasteiger partial charge in [0.2, 0.25) is 10.0 Å². The van der Waals surface area contributed by atoms with Crippen molar-refractivity contribution in [3.05, 3.63) is 59.7 Å². The Kier molecular flexibility index (Phi) is 5.74. The first-order chi connectivity index (χ1) is 12.5. The van der Waals surface area contributed by atoms with Crippen LogP contribution in [0, 0.1) is 0 Å². The number of anilines is 1. The van der Waals surface area contributed by atoms with Crippen molar-refractivity contribution >= 4 is 21.6 Å².